The molecule has 1 N–H and O–H groups in total. The van der Waals surface area contributed by atoms with Crippen LogP contribution in [0.1, 0.15) is 53.9 Å². The van der Waals surface area contributed by atoms with Crippen LogP contribution in [0.15, 0.2) is 36.0 Å². The van der Waals surface area contributed by atoms with Gasteiger partial charge in [-0.1, -0.05) is 49.8 Å². The van der Waals surface area contributed by atoms with Gasteiger partial charge in [0.25, 0.3) is 0 Å². The summed E-state index contributed by atoms with van der Waals surface area (Å²) in [4.78, 5) is 0. The Labute approximate surface area is 137 Å². The summed E-state index contributed by atoms with van der Waals surface area (Å²) in [5.41, 5.74) is 1.52. The molecule has 124 valence electrons. The van der Waals surface area contributed by atoms with Gasteiger partial charge >= 0.3 is 0 Å². The molecule has 0 unspecified atom stereocenters. The van der Waals surface area contributed by atoms with Crippen molar-refractivity contribution in [1.82, 2.24) is 0 Å². The maximum Gasteiger partial charge on any atom is 0.0571 e. The molecule has 0 saturated heterocycles. The van der Waals surface area contributed by atoms with Crippen LogP contribution in [-0.4, -0.2) is 11.2 Å². The third kappa shape index (κ3) is 3.40. The molecule has 0 amide bonds. The number of allylic oxidation sites excluding steroid dienone is 6. The van der Waals surface area contributed by atoms with E-state index in [1.54, 1.807) is 0 Å². The normalized spacial score (nSPS) is 43.7. The summed E-state index contributed by atoms with van der Waals surface area (Å²) in [5, 5.41) is 10.6. The van der Waals surface area contributed by atoms with Gasteiger partial charge in [0.1, 0.15) is 0 Å². The van der Waals surface area contributed by atoms with Gasteiger partial charge in [0.15, 0.2) is 0 Å². The van der Waals surface area contributed by atoms with Gasteiger partial charge in [-0.2, -0.15) is 0 Å². The molecule has 0 radical (unpaired) electrons. The van der Waals surface area contributed by atoms with Crippen molar-refractivity contribution in [3.8, 4) is 0 Å². The first kappa shape index (κ1) is 17.5. The molecule has 2 aliphatic carbocycles. The van der Waals surface area contributed by atoms with Crippen molar-refractivity contribution in [2.45, 2.75) is 60.0 Å². The van der Waals surface area contributed by atoms with E-state index >= 15 is 0 Å². The summed E-state index contributed by atoms with van der Waals surface area (Å²) < 4.78 is 0. The van der Waals surface area contributed by atoms with E-state index in [1.807, 2.05) is 0 Å². The number of hydrogen-bond acceptors (Lipinski definition) is 1. The number of rotatable bonds is 3. The molecule has 2 saturated carbocycles. The molecule has 22 heavy (non-hydrogen) atoms. The first-order valence-electron chi connectivity index (χ1n) is 9.11. The van der Waals surface area contributed by atoms with E-state index < -0.39 is 0 Å². The van der Waals surface area contributed by atoms with Crippen LogP contribution in [0.4, 0.5) is 0 Å². The fourth-order valence-electron chi connectivity index (χ4n) is 5.19. The molecule has 2 rings (SSSR count). The van der Waals surface area contributed by atoms with Crippen LogP contribution >= 0.6 is 0 Å². The molecule has 0 aromatic rings. The van der Waals surface area contributed by atoms with Gasteiger partial charge in [-0.25, -0.2) is 0 Å². The number of hydrogen-bond donors (Lipinski definition) is 1. The van der Waals surface area contributed by atoms with Gasteiger partial charge in [0, 0.05) is 0 Å². The predicted molar refractivity (Wildman–Crippen MR) is 95.5 cm³/mol. The quantitative estimate of drug-likeness (QED) is 0.548. The largest absolute Gasteiger partial charge is 0.393 e. The molecule has 1 heteroatoms. The zero-order chi connectivity index (χ0) is 16.3. The molecule has 0 aliphatic heterocycles. The smallest absolute Gasteiger partial charge is 0.0571 e. The van der Waals surface area contributed by atoms with Crippen LogP contribution in [0.25, 0.3) is 0 Å². The topological polar surface area (TPSA) is 20.2 Å². The molecule has 0 spiro atoms. The Morgan fingerprint density at radius 3 is 2.41 bits per heavy atom. The molecule has 7 atom stereocenters. The highest BCUT2D eigenvalue weighted by molar-refractivity contribution is 5.17. The molecule has 1 nitrogen and oxygen atoms in total. The second-order valence-electron chi connectivity index (χ2n) is 7.62. The minimum atomic E-state index is -0.0897. The standard InChI is InChI=1S/C21H34O/c1-6-8-9-10-17-20(14(3)7-2)16(5)13-18-19(22)12-11-15(4)21(17)18/h6-10,15-22H,11-13H2,1-5H3/t15-,16-,17+,18-,19-,20+,21-/m0/s1. The SMILES string of the molecule is CC=CC=C[C@@H]1[C@H](C(C)=CC)[C@@H](C)C[C@@H]2[C@H]1[C@@H](C)CC[C@@H]2O. The molecule has 0 bridgehead atoms. The van der Waals surface area contributed by atoms with Crippen molar-refractivity contribution >= 4 is 0 Å². The lowest BCUT2D eigenvalue weighted by Crippen LogP contribution is -2.48. The van der Waals surface area contributed by atoms with E-state index in [0.29, 0.717) is 35.5 Å². The third-order valence-corrected chi connectivity index (χ3v) is 6.30. The predicted octanol–water partition coefficient (Wildman–Crippen LogP) is 5.38. The average molecular weight is 303 g/mol. The first-order valence-corrected chi connectivity index (χ1v) is 9.11. The highest BCUT2D eigenvalue weighted by Gasteiger charge is 2.48. The van der Waals surface area contributed by atoms with Gasteiger partial charge in [-0.15, -0.1) is 0 Å². The summed E-state index contributed by atoms with van der Waals surface area (Å²) in [5.74, 6) is 3.67. The molecule has 0 aromatic carbocycles. The van der Waals surface area contributed by atoms with Crippen LogP contribution in [0.5, 0.6) is 0 Å². The summed E-state index contributed by atoms with van der Waals surface area (Å²) in [6, 6.07) is 0. The third-order valence-electron chi connectivity index (χ3n) is 6.30. The Morgan fingerprint density at radius 1 is 1.05 bits per heavy atom. The van der Waals surface area contributed by atoms with Gasteiger partial charge in [0.05, 0.1) is 6.10 Å². The van der Waals surface area contributed by atoms with Crippen LogP contribution in [0.3, 0.4) is 0 Å². The fraction of sp³-hybridized carbons (Fsp3) is 0.714. The first-order chi connectivity index (χ1) is 10.5. The van der Waals surface area contributed by atoms with Crippen molar-refractivity contribution in [2.24, 2.45) is 35.5 Å². The molecule has 0 aromatic heterocycles. The molecular formula is C21H34O. The number of aliphatic hydroxyl groups is 1. The second kappa shape index (κ2) is 7.64. The Hall–Kier alpha value is -0.820. The van der Waals surface area contributed by atoms with E-state index in [4.69, 9.17) is 0 Å². The van der Waals surface area contributed by atoms with Crippen molar-refractivity contribution < 1.29 is 5.11 Å². The summed E-state index contributed by atoms with van der Waals surface area (Å²) >= 11 is 0. The molecular weight excluding hydrogens is 268 g/mol. The number of aliphatic hydroxyl groups excluding tert-OH is 1. The van der Waals surface area contributed by atoms with Gasteiger partial charge in [0.2, 0.25) is 0 Å². The lowest BCUT2D eigenvalue weighted by Gasteiger charge is -2.52. The van der Waals surface area contributed by atoms with Gasteiger partial charge in [-0.3, -0.25) is 0 Å². The summed E-state index contributed by atoms with van der Waals surface area (Å²) in [6.07, 6.45) is 14.4. The Morgan fingerprint density at radius 2 is 1.77 bits per heavy atom. The zero-order valence-electron chi connectivity index (χ0n) is 15.0. The lowest BCUT2D eigenvalue weighted by atomic mass is 9.53. The molecule has 0 heterocycles. The second-order valence-corrected chi connectivity index (χ2v) is 7.62. The van der Waals surface area contributed by atoms with Crippen LogP contribution in [-0.2, 0) is 0 Å². The Kier molecular flexibility index (Phi) is 6.09. The minimum absolute atomic E-state index is 0.0897. The lowest BCUT2D eigenvalue weighted by molar-refractivity contribution is -0.0610. The number of fused-ring (bicyclic) bond motifs is 1. The van der Waals surface area contributed by atoms with Crippen molar-refractivity contribution in [3.05, 3.63) is 36.0 Å². The fourth-order valence-corrected chi connectivity index (χ4v) is 5.19. The van der Waals surface area contributed by atoms with Crippen LogP contribution in [0.2, 0.25) is 0 Å². The maximum atomic E-state index is 10.6. The molecule has 2 fully saturated rings. The van der Waals surface area contributed by atoms with E-state index in [0.717, 1.165) is 6.42 Å². The zero-order valence-corrected chi connectivity index (χ0v) is 15.0. The monoisotopic (exact) mass is 302 g/mol. The summed E-state index contributed by atoms with van der Waals surface area (Å²) in [6.45, 7) is 11.3. The van der Waals surface area contributed by atoms with Crippen molar-refractivity contribution in [1.29, 1.82) is 0 Å². The minimum Gasteiger partial charge on any atom is -0.393 e. The highest BCUT2D eigenvalue weighted by Crippen LogP contribution is 2.53. The maximum absolute atomic E-state index is 10.6. The highest BCUT2D eigenvalue weighted by atomic mass is 16.3. The van der Waals surface area contributed by atoms with Crippen molar-refractivity contribution in [3.63, 3.8) is 0 Å². The molecule has 2 aliphatic rings. The average Bonchev–Trinajstić information content (AvgIpc) is 2.50. The van der Waals surface area contributed by atoms with Gasteiger partial charge in [-0.05, 0) is 75.5 Å². The van der Waals surface area contributed by atoms with E-state index in [-0.39, 0.29) is 6.10 Å². The Balaban J connectivity index is 2.39. The van der Waals surface area contributed by atoms with Crippen LogP contribution < -0.4 is 0 Å². The Bertz CT molecular complexity index is 445. The van der Waals surface area contributed by atoms with Crippen molar-refractivity contribution in [2.75, 3.05) is 0 Å². The van der Waals surface area contributed by atoms with Gasteiger partial charge < -0.3 is 5.11 Å². The summed E-state index contributed by atoms with van der Waals surface area (Å²) in [7, 11) is 0. The van der Waals surface area contributed by atoms with Crippen LogP contribution in [0, 0.1) is 35.5 Å². The van der Waals surface area contributed by atoms with E-state index in [9.17, 15) is 5.11 Å². The van der Waals surface area contributed by atoms with E-state index in [2.05, 4.69) is 65.0 Å². The van der Waals surface area contributed by atoms with E-state index in [1.165, 1.54) is 18.4 Å².